The Morgan fingerprint density at radius 1 is 0.759 bits per heavy atom. The van der Waals surface area contributed by atoms with Gasteiger partial charge in [-0.1, -0.05) is 20.8 Å². The molecule has 0 unspecified atom stereocenters. The molecule has 0 aliphatic heterocycles. The quantitative estimate of drug-likeness (QED) is 0.382. The topological polar surface area (TPSA) is 103 Å². The monoisotopic (exact) mass is 390 g/mol. The van der Waals surface area contributed by atoms with Crippen molar-refractivity contribution in [2.45, 2.75) is 26.2 Å². The number of phenols is 3. The van der Waals surface area contributed by atoms with E-state index in [-0.39, 0.29) is 22.7 Å². The Morgan fingerprint density at radius 2 is 1.41 bits per heavy atom. The maximum Gasteiger partial charge on any atom is 0.147 e. The molecule has 1 heterocycles. The summed E-state index contributed by atoms with van der Waals surface area (Å²) in [6.07, 6.45) is 0. The van der Waals surface area contributed by atoms with Crippen molar-refractivity contribution < 1.29 is 15.3 Å². The van der Waals surface area contributed by atoms with E-state index in [1.165, 1.54) is 10.9 Å². The Kier molecular flexibility index (Phi) is 4.30. The average molecular weight is 390 g/mol. The van der Waals surface area contributed by atoms with Crippen LogP contribution in [0.25, 0.3) is 16.7 Å². The third-order valence-corrected chi connectivity index (χ3v) is 4.63. The number of fused-ring (bicyclic) bond motifs is 1. The molecule has 4 aromatic rings. The summed E-state index contributed by atoms with van der Waals surface area (Å²) >= 11 is 0. The Balaban J connectivity index is 1.73. The zero-order valence-corrected chi connectivity index (χ0v) is 16.4. The molecule has 0 aliphatic carbocycles. The van der Waals surface area contributed by atoms with Crippen LogP contribution in [0.15, 0.2) is 54.6 Å². The molecule has 0 radical (unpaired) electrons. The summed E-state index contributed by atoms with van der Waals surface area (Å²) in [7, 11) is 0. The van der Waals surface area contributed by atoms with Crippen molar-refractivity contribution in [2.24, 2.45) is 0 Å². The maximum atomic E-state index is 10.8. The number of rotatable bonds is 3. The van der Waals surface area contributed by atoms with E-state index in [0.29, 0.717) is 22.3 Å². The lowest BCUT2D eigenvalue weighted by molar-refractivity contribution is 0.429. The Morgan fingerprint density at radius 3 is 2.10 bits per heavy atom. The summed E-state index contributed by atoms with van der Waals surface area (Å²) in [6.45, 7) is 5.87. The summed E-state index contributed by atoms with van der Waals surface area (Å²) in [5.41, 5.74) is 3.50. The van der Waals surface area contributed by atoms with Crippen LogP contribution in [0.5, 0.6) is 17.2 Å². The fourth-order valence-corrected chi connectivity index (χ4v) is 3.14. The lowest BCUT2D eigenvalue weighted by Gasteiger charge is -2.21. The predicted octanol–water partition coefficient (Wildman–Crippen LogP) is 4.58. The van der Waals surface area contributed by atoms with Gasteiger partial charge in [0, 0.05) is 23.0 Å². The van der Waals surface area contributed by atoms with Crippen molar-refractivity contribution in [3.8, 4) is 22.9 Å². The number of nitrogens with zero attached hydrogens (tertiary/aromatic N) is 3. The summed E-state index contributed by atoms with van der Waals surface area (Å²) in [6, 6.07) is 15.3. The fourth-order valence-electron chi connectivity index (χ4n) is 3.14. The van der Waals surface area contributed by atoms with Crippen LogP contribution in [-0.4, -0.2) is 30.3 Å². The largest absolute Gasteiger partial charge is 0.508 e. The number of anilines is 2. The van der Waals surface area contributed by atoms with Crippen LogP contribution < -0.4 is 5.32 Å². The molecule has 0 spiro atoms. The number of phenolic OH excluding ortho intramolecular Hbond substituents is 3. The van der Waals surface area contributed by atoms with Crippen LogP contribution in [0.3, 0.4) is 0 Å². The van der Waals surface area contributed by atoms with E-state index in [4.69, 9.17) is 0 Å². The highest BCUT2D eigenvalue weighted by atomic mass is 16.3. The van der Waals surface area contributed by atoms with Gasteiger partial charge >= 0.3 is 0 Å². The molecule has 0 bridgehead atoms. The molecule has 0 fully saturated rings. The SMILES string of the molecule is CC(C)(C)c1cc(O)cc(-n2nc3ccc(Nc4ccc(O)cc4)cc3n2)c1O. The normalized spacial score (nSPS) is 11.7. The van der Waals surface area contributed by atoms with Gasteiger partial charge in [-0.15, -0.1) is 15.0 Å². The minimum absolute atomic E-state index is 0.0399. The molecule has 29 heavy (non-hydrogen) atoms. The number of aromatic nitrogens is 3. The van der Waals surface area contributed by atoms with Gasteiger partial charge in [-0.05, 0) is 53.9 Å². The van der Waals surface area contributed by atoms with Crippen LogP contribution in [0.4, 0.5) is 11.4 Å². The molecule has 4 rings (SSSR count). The van der Waals surface area contributed by atoms with Gasteiger partial charge in [0.05, 0.1) is 0 Å². The molecule has 7 nitrogen and oxygen atoms in total. The first-order valence-corrected chi connectivity index (χ1v) is 9.21. The number of hydrogen-bond acceptors (Lipinski definition) is 6. The second-order valence-electron chi connectivity index (χ2n) is 7.98. The highest BCUT2D eigenvalue weighted by molar-refractivity contribution is 5.80. The number of aromatic hydroxyl groups is 3. The third-order valence-electron chi connectivity index (χ3n) is 4.63. The predicted molar refractivity (Wildman–Crippen MR) is 112 cm³/mol. The highest BCUT2D eigenvalue weighted by Gasteiger charge is 2.23. The van der Waals surface area contributed by atoms with Gasteiger partial charge in [0.15, 0.2) is 0 Å². The van der Waals surface area contributed by atoms with E-state index >= 15 is 0 Å². The van der Waals surface area contributed by atoms with E-state index in [2.05, 4.69) is 15.5 Å². The molecule has 0 aliphatic rings. The zero-order valence-electron chi connectivity index (χ0n) is 16.4. The first kappa shape index (κ1) is 18.6. The van der Waals surface area contributed by atoms with Crippen molar-refractivity contribution in [3.05, 3.63) is 60.2 Å². The van der Waals surface area contributed by atoms with Gasteiger partial charge in [0.2, 0.25) is 0 Å². The van der Waals surface area contributed by atoms with Crippen LogP contribution in [-0.2, 0) is 5.41 Å². The second-order valence-corrected chi connectivity index (χ2v) is 7.98. The lowest BCUT2D eigenvalue weighted by atomic mass is 9.86. The van der Waals surface area contributed by atoms with Crippen molar-refractivity contribution in [1.82, 2.24) is 15.0 Å². The first-order valence-electron chi connectivity index (χ1n) is 9.21. The highest BCUT2D eigenvalue weighted by Crippen LogP contribution is 2.38. The molecular weight excluding hydrogens is 368 g/mol. The van der Waals surface area contributed by atoms with Crippen LogP contribution >= 0.6 is 0 Å². The van der Waals surface area contributed by atoms with Gasteiger partial charge in [0.25, 0.3) is 0 Å². The minimum Gasteiger partial charge on any atom is -0.508 e. The van der Waals surface area contributed by atoms with Gasteiger partial charge in [-0.25, -0.2) is 0 Å². The Hall–Kier alpha value is -3.74. The maximum absolute atomic E-state index is 10.8. The van der Waals surface area contributed by atoms with Gasteiger partial charge < -0.3 is 20.6 Å². The molecule has 7 heteroatoms. The average Bonchev–Trinajstić information content (AvgIpc) is 3.07. The molecule has 148 valence electrons. The first-order chi connectivity index (χ1) is 13.7. The molecule has 4 N–H and O–H groups in total. The van der Waals surface area contributed by atoms with E-state index in [0.717, 1.165) is 11.4 Å². The molecule has 0 saturated carbocycles. The minimum atomic E-state index is -0.356. The smallest absolute Gasteiger partial charge is 0.147 e. The summed E-state index contributed by atoms with van der Waals surface area (Å²) in [5, 5.41) is 42.5. The molecule has 0 atom stereocenters. The molecular formula is C22H22N4O3. The van der Waals surface area contributed by atoms with Crippen LogP contribution in [0.2, 0.25) is 0 Å². The summed E-state index contributed by atoms with van der Waals surface area (Å²) < 4.78 is 0. The van der Waals surface area contributed by atoms with Gasteiger partial charge in [-0.2, -0.15) is 0 Å². The van der Waals surface area contributed by atoms with Gasteiger partial charge in [-0.3, -0.25) is 0 Å². The fraction of sp³-hybridized carbons (Fsp3) is 0.182. The van der Waals surface area contributed by atoms with Crippen molar-refractivity contribution in [1.29, 1.82) is 0 Å². The van der Waals surface area contributed by atoms with Crippen LogP contribution in [0.1, 0.15) is 26.3 Å². The number of benzene rings is 3. The third kappa shape index (κ3) is 3.67. The lowest BCUT2D eigenvalue weighted by Crippen LogP contribution is -2.13. The van der Waals surface area contributed by atoms with Crippen molar-refractivity contribution in [3.63, 3.8) is 0 Å². The standard InChI is InChI=1S/C22H22N4O3/c1-22(2,3)17-11-16(28)12-20(21(17)29)26-24-18-9-6-14(10-19(18)25-26)23-13-4-7-15(27)8-5-13/h4-12,23,27-29H,1-3H3. The zero-order chi connectivity index (χ0) is 20.8. The van der Waals surface area contributed by atoms with Crippen molar-refractivity contribution >= 4 is 22.4 Å². The Labute approximate surface area is 167 Å². The van der Waals surface area contributed by atoms with Gasteiger partial charge in [0.1, 0.15) is 34.0 Å². The van der Waals surface area contributed by atoms with E-state index in [1.54, 1.807) is 30.3 Å². The van der Waals surface area contributed by atoms with E-state index in [1.807, 2.05) is 39.0 Å². The number of nitrogens with one attached hydrogen (secondary N) is 1. The summed E-state index contributed by atoms with van der Waals surface area (Å²) in [5.74, 6) is 0.284. The molecule has 0 amide bonds. The molecule has 0 saturated heterocycles. The van der Waals surface area contributed by atoms with Crippen LogP contribution in [0, 0.1) is 0 Å². The van der Waals surface area contributed by atoms with E-state index < -0.39 is 0 Å². The molecule has 1 aromatic heterocycles. The summed E-state index contributed by atoms with van der Waals surface area (Å²) in [4.78, 5) is 1.33. The number of hydrogen-bond donors (Lipinski definition) is 4. The van der Waals surface area contributed by atoms with E-state index in [9.17, 15) is 15.3 Å². The molecule has 3 aromatic carbocycles. The van der Waals surface area contributed by atoms with Crippen molar-refractivity contribution in [2.75, 3.05) is 5.32 Å². The Bertz CT molecular complexity index is 1190. The second kappa shape index (κ2) is 6.70.